The van der Waals surface area contributed by atoms with E-state index in [0.29, 0.717) is 13.1 Å². The van der Waals surface area contributed by atoms with E-state index in [1.165, 1.54) is 11.3 Å². The molecule has 0 saturated carbocycles. The minimum atomic E-state index is -0.503. The van der Waals surface area contributed by atoms with Crippen LogP contribution >= 0.6 is 11.3 Å². The van der Waals surface area contributed by atoms with Crippen molar-refractivity contribution in [2.45, 2.75) is 39.8 Å². The van der Waals surface area contributed by atoms with E-state index in [0.717, 1.165) is 23.5 Å². The molecule has 4 nitrogen and oxygen atoms in total. The van der Waals surface area contributed by atoms with Gasteiger partial charge in [-0.05, 0) is 26.8 Å². The molecule has 1 rings (SSSR count). The molecule has 1 heterocycles. The van der Waals surface area contributed by atoms with E-state index in [1.807, 2.05) is 13.8 Å². The van der Waals surface area contributed by atoms with Crippen molar-refractivity contribution in [3.8, 4) is 0 Å². The summed E-state index contributed by atoms with van der Waals surface area (Å²) in [4.78, 5) is 12.6. The van der Waals surface area contributed by atoms with Crippen molar-refractivity contribution in [2.24, 2.45) is 0 Å². The molecule has 2 N–H and O–H groups in total. The Morgan fingerprint density at radius 1 is 1.50 bits per heavy atom. The predicted molar refractivity (Wildman–Crippen MR) is 67.2 cm³/mol. The normalized spacial score (nSPS) is 13.0. The Morgan fingerprint density at radius 2 is 2.19 bits per heavy atom. The van der Waals surface area contributed by atoms with Crippen molar-refractivity contribution in [1.29, 1.82) is 0 Å². The summed E-state index contributed by atoms with van der Waals surface area (Å²) in [6.45, 7) is 7.74. The van der Waals surface area contributed by atoms with Gasteiger partial charge in [-0.25, -0.2) is 0 Å². The third kappa shape index (κ3) is 3.43. The zero-order chi connectivity index (χ0) is 12.1. The van der Waals surface area contributed by atoms with Crippen LogP contribution in [0, 0.1) is 13.8 Å². The molecule has 1 unspecified atom stereocenters. The van der Waals surface area contributed by atoms with Gasteiger partial charge in [-0.1, -0.05) is 18.3 Å². The molecule has 0 aliphatic carbocycles. The molecule has 0 fully saturated rings. The van der Waals surface area contributed by atoms with Gasteiger partial charge < -0.3 is 15.0 Å². The molecule has 0 amide bonds. The molecule has 16 heavy (non-hydrogen) atoms. The predicted octanol–water partition coefficient (Wildman–Crippen LogP) is 0.887. The first kappa shape index (κ1) is 13.4. The minimum Gasteiger partial charge on any atom is -0.390 e. The quantitative estimate of drug-likeness (QED) is 0.731. The topological polar surface area (TPSA) is 54.3 Å². The Hall–Kier alpha value is -0.650. The minimum absolute atomic E-state index is 0.0181. The van der Waals surface area contributed by atoms with Gasteiger partial charge in [0, 0.05) is 17.1 Å². The van der Waals surface area contributed by atoms with Gasteiger partial charge >= 0.3 is 4.87 Å². The smallest absolute Gasteiger partial charge is 0.307 e. The van der Waals surface area contributed by atoms with Gasteiger partial charge in [0.25, 0.3) is 0 Å². The van der Waals surface area contributed by atoms with Crippen molar-refractivity contribution in [3.63, 3.8) is 0 Å². The van der Waals surface area contributed by atoms with E-state index in [-0.39, 0.29) is 4.87 Å². The molecule has 1 aromatic rings. The maximum Gasteiger partial charge on any atom is 0.307 e. The van der Waals surface area contributed by atoms with Crippen LogP contribution in [0.5, 0.6) is 0 Å². The molecule has 0 bridgehead atoms. The summed E-state index contributed by atoms with van der Waals surface area (Å²) >= 11 is 1.24. The number of rotatable bonds is 6. The highest BCUT2D eigenvalue weighted by Crippen LogP contribution is 2.09. The van der Waals surface area contributed by atoms with E-state index in [1.54, 1.807) is 4.57 Å². The van der Waals surface area contributed by atoms with Crippen molar-refractivity contribution < 1.29 is 5.11 Å². The van der Waals surface area contributed by atoms with Crippen LogP contribution in [0.15, 0.2) is 4.79 Å². The lowest BCUT2D eigenvalue weighted by Crippen LogP contribution is -2.33. The van der Waals surface area contributed by atoms with Gasteiger partial charge in [0.2, 0.25) is 0 Å². The van der Waals surface area contributed by atoms with E-state index in [2.05, 4.69) is 12.2 Å². The summed E-state index contributed by atoms with van der Waals surface area (Å²) in [6.07, 6.45) is 0.542. The molecule has 1 aromatic heterocycles. The highest BCUT2D eigenvalue weighted by atomic mass is 32.1. The third-order valence-corrected chi connectivity index (χ3v) is 3.57. The summed E-state index contributed by atoms with van der Waals surface area (Å²) < 4.78 is 1.65. The largest absolute Gasteiger partial charge is 0.390 e. The Morgan fingerprint density at radius 3 is 2.69 bits per heavy atom. The monoisotopic (exact) mass is 244 g/mol. The molecule has 0 saturated heterocycles. The molecule has 0 aromatic carbocycles. The molecule has 5 heteroatoms. The first-order chi connectivity index (χ1) is 7.56. The fraction of sp³-hybridized carbons (Fsp3) is 0.727. The fourth-order valence-electron chi connectivity index (χ4n) is 1.52. The highest BCUT2D eigenvalue weighted by Gasteiger charge is 2.11. The van der Waals surface area contributed by atoms with Gasteiger partial charge in [-0.15, -0.1) is 0 Å². The summed E-state index contributed by atoms with van der Waals surface area (Å²) in [5, 5.41) is 12.9. The van der Waals surface area contributed by atoms with Crippen LogP contribution in [0.4, 0.5) is 0 Å². The van der Waals surface area contributed by atoms with E-state index in [9.17, 15) is 9.90 Å². The number of hydrogen-bond acceptors (Lipinski definition) is 4. The number of thiazole rings is 1. The van der Waals surface area contributed by atoms with Crippen LogP contribution in [0.25, 0.3) is 0 Å². The Bertz CT molecular complexity index is 384. The number of aliphatic hydroxyl groups excluding tert-OH is 1. The Kier molecular flexibility index (Phi) is 5.18. The average molecular weight is 244 g/mol. The van der Waals surface area contributed by atoms with Gasteiger partial charge in [0.1, 0.15) is 0 Å². The standard InChI is InChI=1S/C11H20N2O2S/c1-4-5-12-6-10(14)7-13-8(2)9(3)16-11(13)15/h10,12,14H,4-7H2,1-3H3. The third-order valence-electron chi connectivity index (χ3n) is 2.58. The zero-order valence-corrected chi connectivity index (χ0v) is 10.9. The van der Waals surface area contributed by atoms with Gasteiger partial charge in [-0.3, -0.25) is 4.79 Å². The first-order valence-corrected chi connectivity index (χ1v) is 6.43. The Balaban J connectivity index is 2.56. The SMILES string of the molecule is CCCNCC(O)Cn1c(C)c(C)sc1=O. The maximum absolute atomic E-state index is 11.6. The van der Waals surface area contributed by atoms with Crippen LogP contribution in [-0.4, -0.2) is 28.9 Å². The number of aryl methyl sites for hydroxylation is 1. The van der Waals surface area contributed by atoms with Gasteiger partial charge in [-0.2, -0.15) is 0 Å². The summed E-state index contributed by atoms with van der Waals surface area (Å²) in [6, 6.07) is 0. The number of hydrogen-bond donors (Lipinski definition) is 2. The van der Waals surface area contributed by atoms with Crippen molar-refractivity contribution in [3.05, 3.63) is 20.2 Å². The second kappa shape index (κ2) is 6.18. The molecular weight excluding hydrogens is 224 g/mol. The van der Waals surface area contributed by atoms with Crippen molar-refractivity contribution in [2.75, 3.05) is 13.1 Å². The Labute approximate surface area is 99.9 Å². The molecule has 0 aliphatic heterocycles. The molecule has 0 spiro atoms. The van der Waals surface area contributed by atoms with E-state index in [4.69, 9.17) is 0 Å². The highest BCUT2D eigenvalue weighted by molar-refractivity contribution is 7.09. The van der Waals surface area contributed by atoms with Gasteiger partial charge in [0.15, 0.2) is 0 Å². The van der Waals surface area contributed by atoms with Crippen molar-refractivity contribution in [1.82, 2.24) is 9.88 Å². The van der Waals surface area contributed by atoms with Crippen LogP contribution in [-0.2, 0) is 6.54 Å². The molecular formula is C11H20N2O2S. The van der Waals surface area contributed by atoms with Crippen LogP contribution in [0.1, 0.15) is 23.9 Å². The lowest BCUT2D eigenvalue weighted by molar-refractivity contribution is 0.150. The lowest BCUT2D eigenvalue weighted by atomic mass is 10.3. The van der Waals surface area contributed by atoms with E-state index < -0.39 is 6.10 Å². The van der Waals surface area contributed by atoms with Crippen LogP contribution in [0.3, 0.4) is 0 Å². The van der Waals surface area contributed by atoms with Crippen LogP contribution < -0.4 is 10.2 Å². The fourth-order valence-corrected chi connectivity index (χ4v) is 2.36. The van der Waals surface area contributed by atoms with Crippen LogP contribution in [0.2, 0.25) is 0 Å². The lowest BCUT2D eigenvalue weighted by Gasteiger charge is -2.12. The second-order valence-corrected chi connectivity index (χ2v) is 5.14. The maximum atomic E-state index is 11.6. The second-order valence-electron chi connectivity index (χ2n) is 3.98. The molecule has 0 radical (unpaired) electrons. The number of aromatic nitrogens is 1. The van der Waals surface area contributed by atoms with Crippen molar-refractivity contribution >= 4 is 11.3 Å². The molecule has 1 atom stereocenters. The number of nitrogens with zero attached hydrogens (tertiary/aromatic N) is 1. The zero-order valence-electron chi connectivity index (χ0n) is 10.1. The summed E-state index contributed by atoms with van der Waals surface area (Å²) in [5.74, 6) is 0. The molecule has 0 aliphatic rings. The summed E-state index contributed by atoms with van der Waals surface area (Å²) in [7, 11) is 0. The average Bonchev–Trinajstić information content (AvgIpc) is 2.46. The summed E-state index contributed by atoms with van der Waals surface area (Å²) in [5.41, 5.74) is 0.963. The number of aliphatic hydroxyl groups is 1. The van der Waals surface area contributed by atoms with Gasteiger partial charge in [0.05, 0.1) is 12.6 Å². The molecule has 92 valence electrons. The number of nitrogens with one attached hydrogen (secondary N) is 1. The first-order valence-electron chi connectivity index (χ1n) is 5.61. The van der Waals surface area contributed by atoms with E-state index >= 15 is 0 Å².